The van der Waals surface area contributed by atoms with Crippen molar-refractivity contribution in [1.29, 1.82) is 0 Å². The molecule has 0 bridgehead atoms. The third-order valence-electron chi connectivity index (χ3n) is 4.91. The summed E-state index contributed by atoms with van der Waals surface area (Å²) in [4.78, 5) is 13.6. The largest absolute Gasteiger partial charge is 0.493 e. The van der Waals surface area contributed by atoms with Crippen LogP contribution >= 0.6 is 11.8 Å². The highest BCUT2D eigenvalue weighted by Crippen LogP contribution is 2.39. The minimum Gasteiger partial charge on any atom is -0.493 e. The third-order valence-corrected chi connectivity index (χ3v) is 6.32. The molecule has 0 atom stereocenters. The molecule has 2 amide bonds. The van der Waals surface area contributed by atoms with Gasteiger partial charge in [0.2, 0.25) is 5.75 Å². The maximum absolute atomic E-state index is 12.5. The van der Waals surface area contributed by atoms with Crippen LogP contribution in [0.5, 0.6) is 17.2 Å². The zero-order chi connectivity index (χ0) is 20.6. The van der Waals surface area contributed by atoms with Gasteiger partial charge in [-0.15, -0.1) is 11.8 Å². The van der Waals surface area contributed by atoms with Crippen LogP contribution in [0.15, 0.2) is 41.3 Å². The van der Waals surface area contributed by atoms with Gasteiger partial charge in [0.1, 0.15) is 0 Å². The van der Waals surface area contributed by atoms with Gasteiger partial charge in [0.25, 0.3) is 0 Å². The Morgan fingerprint density at radius 3 is 2.31 bits per heavy atom. The summed E-state index contributed by atoms with van der Waals surface area (Å²) in [6.07, 6.45) is 5.07. The molecule has 29 heavy (non-hydrogen) atoms. The van der Waals surface area contributed by atoms with Crippen molar-refractivity contribution in [2.24, 2.45) is 0 Å². The standard InChI is InChI=1S/C22H28N2O4S/c1-26-18-12-15(13-19(27-2)21(18)28-3)14-23-22(25)24-17-10-6-7-11-20(17)29-16-8-4-5-9-16/h6-7,10-13,16H,4-5,8-9,14H2,1-3H3,(H2,23,24,25). The van der Waals surface area contributed by atoms with E-state index in [1.165, 1.54) is 25.7 Å². The fourth-order valence-corrected chi connectivity index (χ4v) is 4.78. The summed E-state index contributed by atoms with van der Waals surface area (Å²) in [7, 11) is 4.70. The second kappa shape index (κ2) is 10.3. The summed E-state index contributed by atoms with van der Waals surface area (Å²) in [5.74, 6) is 1.64. The summed E-state index contributed by atoms with van der Waals surface area (Å²) < 4.78 is 16.1. The Labute approximate surface area is 176 Å². The molecule has 0 aromatic heterocycles. The van der Waals surface area contributed by atoms with Gasteiger partial charge in [-0.05, 0) is 42.7 Å². The molecule has 0 radical (unpaired) electrons. The van der Waals surface area contributed by atoms with Crippen LogP contribution in [0.4, 0.5) is 10.5 Å². The Morgan fingerprint density at radius 2 is 1.69 bits per heavy atom. The van der Waals surface area contributed by atoms with E-state index in [9.17, 15) is 4.79 Å². The van der Waals surface area contributed by atoms with E-state index in [1.807, 2.05) is 42.1 Å². The molecule has 0 heterocycles. The fourth-order valence-electron chi connectivity index (χ4n) is 3.44. The van der Waals surface area contributed by atoms with Crippen LogP contribution < -0.4 is 24.8 Å². The number of thioether (sulfide) groups is 1. The van der Waals surface area contributed by atoms with Gasteiger partial charge in [-0.1, -0.05) is 25.0 Å². The first-order valence-electron chi connectivity index (χ1n) is 9.74. The average Bonchev–Trinajstić information content (AvgIpc) is 3.26. The fraction of sp³-hybridized carbons (Fsp3) is 0.409. The predicted molar refractivity (Wildman–Crippen MR) is 117 cm³/mol. The Balaban J connectivity index is 1.63. The van der Waals surface area contributed by atoms with Crippen molar-refractivity contribution < 1.29 is 19.0 Å². The van der Waals surface area contributed by atoms with Crippen molar-refractivity contribution in [3.8, 4) is 17.2 Å². The lowest BCUT2D eigenvalue weighted by Crippen LogP contribution is -2.28. The predicted octanol–water partition coefficient (Wildman–Crippen LogP) is 5.07. The molecular weight excluding hydrogens is 388 g/mol. The molecule has 7 heteroatoms. The monoisotopic (exact) mass is 416 g/mol. The number of benzene rings is 2. The van der Waals surface area contributed by atoms with Crippen LogP contribution in [0.3, 0.4) is 0 Å². The zero-order valence-corrected chi connectivity index (χ0v) is 17.9. The van der Waals surface area contributed by atoms with Gasteiger partial charge in [-0.3, -0.25) is 0 Å². The molecule has 6 nitrogen and oxygen atoms in total. The molecule has 156 valence electrons. The summed E-state index contributed by atoms with van der Waals surface area (Å²) in [6.45, 7) is 0.334. The molecule has 1 saturated carbocycles. The number of nitrogens with one attached hydrogen (secondary N) is 2. The lowest BCUT2D eigenvalue weighted by molar-refractivity contribution is 0.251. The SMILES string of the molecule is COc1cc(CNC(=O)Nc2ccccc2SC2CCCC2)cc(OC)c1OC. The van der Waals surface area contributed by atoms with Crippen molar-refractivity contribution in [2.75, 3.05) is 26.6 Å². The molecule has 1 aliphatic carbocycles. The molecule has 2 aromatic carbocycles. The summed E-state index contributed by atoms with van der Waals surface area (Å²) in [5, 5.41) is 6.51. The van der Waals surface area contributed by atoms with Crippen molar-refractivity contribution in [3.63, 3.8) is 0 Å². The van der Waals surface area contributed by atoms with Crippen molar-refractivity contribution in [2.45, 2.75) is 42.4 Å². The lowest BCUT2D eigenvalue weighted by atomic mass is 10.2. The highest BCUT2D eigenvalue weighted by atomic mass is 32.2. The number of urea groups is 1. The zero-order valence-electron chi connectivity index (χ0n) is 17.1. The first-order chi connectivity index (χ1) is 14.1. The van der Waals surface area contributed by atoms with Gasteiger partial charge >= 0.3 is 6.03 Å². The van der Waals surface area contributed by atoms with E-state index in [2.05, 4.69) is 16.7 Å². The molecule has 0 saturated heterocycles. The molecule has 1 aliphatic rings. The molecule has 2 N–H and O–H groups in total. The van der Waals surface area contributed by atoms with Gasteiger partial charge in [-0.25, -0.2) is 4.79 Å². The molecule has 0 aliphatic heterocycles. The van der Waals surface area contributed by atoms with Crippen molar-refractivity contribution in [1.82, 2.24) is 5.32 Å². The molecule has 0 spiro atoms. The number of hydrogen-bond acceptors (Lipinski definition) is 5. The highest BCUT2D eigenvalue weighted by Gasteiger charge is 2.18. The van der Waals surface area contributed by atoms with E-state index in [1.54, 1.807) is 21.3 Å². The molecule has 0 unspecified atom stereocenters. The molecule has 2 aromatic rings. The maximum Gasteiger partial charge on any atom is 0.319 e. The number of carbonyl (C=O) groups is 1. The van der Waals surface area contributed by atoms with Crippen LogP contribution in [-0.2, 0) is 6.54 Å². The van der Waals surface area contributed by atoms with E-state index >= 15 is 0 Å². The third kappa shape index (κ3) is 5.50. The van der Waals surface area contributed by atoms with Gasteiger partial charge in [0.05, 0.1) is 27.0 Å². The van der Waals surface area contributed by atoms with E-state index in [0.717, 1.165) is 16.1 Å². The van der Waals surface area contributed by atoms with Crippen molar-refractivity contribution in [3.05, 3.63) is 42.0 Å². The Hall–Kier alpha value is -2.54. The first kappa shape index (κ1) is 21.2. The summed E-state index contributed by atoms with van der Waals surface area (Å²) >= 11 is 1.86. The number of amides is 2. The summed E-state index contributed by atoms with van der Waals surface area (Å²) in [5.41, 5.74) is 1.69. The second-order valence-electron chi connectivity index (χ2n) is 6.86. The molecule has 3 rings (SSSR count). The van der Waals surface area contributed by atoms with Crippen molar-refractivity contribution >= 4 is 23.5 Å². The van der Waals surface area contributed by atoms with Gasteiger partial charge in [0.15, 0.2) is 11.5 Å². The Bertz CT molecular complexity index is 812. The Kier molecular flexibility index (Phi) is 7.52. The molecular formula is C22H28N2O4S. The number of para-hydroxylation sites is 1. The summed E-state index contributed by atoms with van der Waals surface area (Å²) in [6, 6.07) is 11.4. The average molecular weight is 417 g/mol. The number of hydrogen-bond donors (Lipinski definition) is 2. The smallest absolute Gasteiger partial charge is 0.319 e. The normalized spacial score (nSPS) is 13.8. The number of carbonyl (C=O) groups excluding carboxylic acids is 1. The van der Waals surface area contributed by atoms with E-state index < -0.39 is 0 Å². The minimum absolute atomic E-state index is 0.252. The van der Waals surface area contributed by atoms with Gasteiger partial charge in [0, 0.05) is 16.7 Å². The van der Waals surface area contributed by atoms with Crippen LogP contribution in [0.2, 0.25) is 0 Å². The highest BCUT2D eigenvalue weighted by molar-refractivity contribution is 8.00. The maximum atomic E-state index is 12.5. The minimum atomic E-state index is -0.252. The van der Waals surface area contributed by atoms with Crippen LogP contribution in [-0.4, -0.2) is 32.6 Å². The van der Waals surface area contributed by atoms with E-state index in [-0.39, 0.29) is 6.03 Å². The van der Waals surface area contributed by atoms with Crippen LogP contribution in [0, 0.1) is 0 Å². The number of anilines is 1. The van der Waals surface area contributed by atoms with Gasteiger partial charge < -0.3 is 24.8 Å². The molecule has 1 fully saturated rings. The van der Waals surface area contributed by atoms with Crippen LogP contribution in [0.1, 0.15) is 31.2 Å². The number of ether oxygens (including phenoxy) is 3. The lowest BCUT2D eigenvalue weighted by Gasteiger charge is -2.16. The van der Waals surface area contributed by atoms with Gasteiger partial charge in [-0.2, -0.15) is 0 Å². The van der Waals surface area contributed by atoms with E-state index in [0.29, 0.717) is 29.0 Å². The van der Waals surface area contributed by atoms with E-state index in [4.69, 9.17) is 14.2 Å². The van der Waals surface area contributed by atoms with Crippen LogP contribution in [0.25, 0.3) is 0 Å². The Morgan fingerprint density at radius 1 is 1.03 bits per heavy atom. The number of methoxy groups -OCH3 is 3. The topological polar surface area (TPSA) is 68.8 Å². The second-order valence-corrected chi connectivity index (χ2v) is 8.20. The first-order valence-corrected chi connectivity index (χ1v) is 10.6. The quantitative estimate of drug-likeness (QED) is 0.629. The number of rotatable bonds is 8.